The van der Waals surface area contributed by atoms with Crippen molar-refractivity contribution in [2.75, 3.05) is 24.2 Å². The molecule has 1 aromatic heterocycles. The molecule has 1 amide bonds. The summed E-state index contributed by atoms with van der Waals surface area (Å²) in [4.78, 5) is 16.4. The number of benzene rings is 1. The van der Waals surface area contributed by atoms with Crippen molar-refractivity contribution in [1.82, 2.24) is 9.29 Å². The number of carbonyl (C=O) groups is 1. The van der Waals surface area contributed by atoms with Gasteiger partial charge in [0, 0.05) is 19.3 Å². The standard InChI is InChI=1S/C18H18N4O3S2/c19-11-14-5-1-2-6-16(14)21-17(23)13-26-18-8-7-15(12-20-18)27(24,25)22-9-3-4-10-22/h1-2,5-8,12H,3-4,9-10,13H2,(H,21,23). The molecule has 0 bridgehead atoms. The zero-order valence-electron chi connectivity index (χ0n) is 14.5. The third-order valence-electron chi connectivity index (χ3n) is 4.08. The van der Waals surface area contributed by atoms with E-state index in [1.807, 2.05) is 6.07 Å². The van der Waals surface area contributed by atoms with Gasteiger partial charge in [-0.3, -0.25) is 4.79 Å². The largest absolute Gasteiger partial charge is 0.324 e. The van der Waals surface area contributed by atoms with Crippen LogP contribution >= 0.6 is 11.8 Å². The molecule has 1 aromatic carbocycles. The number of sulfonamides is 1. The molecular weight excluding hydrogens is 384 g/mol. The third kappa shape index (κ3) is 4.66. The topological polar surface area (TPSA) is 103 Å². The van der Waals surface area contributed by atoms with Crippen LogP contribution in [0, 0.1) is 11.3 Å². The number of nitrogens with one attached hydrogen (secondary N) is 1. The Kier molecular flexibility index (Phi) is 6.11. The molecule has 1 N–H and O–H groups in total. The van der Waals surface area contributed by atoms with E-state index in [0.717, 1.165) is 12.8 Å². The van der Waals surface area contributed by atoms with Gasteiger partial charge in [0.2, 0.25) is 15.9 Å². The number of pyridine rings is 1. The fourth-order valence-corrected chi connectivity index (χ4v) is 4.80. The van der Waals surface area contributed by atoms with Crippen LogP contribution in [0.25, 0.3) is 0 Å². The Bertz CT molecular complexity index is 963. The lowest BCUT2D eigenvalue weighted by Gasteiger charge is -2.15. The molecule has 7 nitrogen and oxygen atoms in total. The first-order chi connectivity index (χ1) is 13.0. The first kappa shape index (κ1) is 19.4. The van der Waals surface area contributed by atoms with Crippen LogP contribution in [-0.2, 0) is 14.8 Å². The predicted octanol–water partition coefficient (Wildman–Crippen LogP) is 2.47. The second-order valence-corrected chi connectivity index (χ2v) is 8.87. The van der Waals surface area contributed by atoms with Crippen molar-refractivity contribution in [2.24, 2.45) is 0 Å². The fraction of sp³-hybridized carbons (Fsp3) is 0.278. The summed E-state index contributed by atoms with van der Waals surface area (Å²) < 4.78 is 26.4. The summed E-state index contributed by atoms with van der Waals surface area (Å²) in [5.41, 5.74) is 0.857. The lowest BCUT2D eigenvalue weighted by atomic mass is 10.2. The molecule has 140 valence electrons. The van der Waals surface area contributed by atoms with Crippen LogP contribution in [0.2, 0.25) is 0 Å². The van der Waals surface area contributed by atoms with E-state index in [-0.39, 0.29) is 16.6 Å². The van der Waals surface area contributed by atoms with E-state index in [9.17, 15) is 13.2 Å². The zero-order valence-corrected chi connectivity index (χ0v) is 16.1. The minimum Gasteiger partial charge on any atom is -0.324 e. The molecular formula is C18H18N4O3S2. The summed E-state index contributed by atoms with van der Waals surface area (Å²) in [6, 6.07) is 11.9. The summed E-state index contributed by atoms with van der Waals surface area (Å²) in [5.74, 6) is -0.163. The molecule has 0 unspecified atom stereocenters. The number of rotatable bonds is 6. The Morgan fingerprint density at radius 2 is 1.96 bits per heavy atom. The fourth-order valence-electron chi connectivity index (χ4n) is 2.70. The molecule has 9 heteroatoms. The summed E-state index contributed by atoms with van der Waals surface area (Å²) in [5, 5.41) is 12.3. The Morgan fingerprint density at radius 1 is 1.22 bits per heavy atom. The maximum absolute atomic E-state index is 12.5. The molecule has 1 aliphatic rings. The van der Waals surface area contributed by atoms with Gasteiger partial charge in [-0.15, -0.1) is 0 Å². The summed E-state index contributed by atoms with van der Waals surface area (Å²) in [7, 11) is -3.48. The first-order valence-electron chi connectivity index (χ1n) is 8.39. The third-order valence-corrected chi connectivity index (χ3v) is 6.91. The Morgan fingerprint density at radius 3 is 2.63 bits per heavy atom. The minimum atomic E-state index is -3.48. The highest BCUT2D eigenvalue weighted by Gasteiger charge is 2.27. The van der Waals surface area contributed by atoms with Crippen molar-refractivity contribution in [3.05, 3.63) is 48.2 Å². The van der Waals surface area contributed by atoms with Crippen LogP contribution in [0.5, 0.6) is 0 Å². The second-order valence-electron chi connectivity index (χ2n) is 5.94. The average molecular weight is 403 g/mol. The quantitative estimate of drug-likeness (QED) is 0.745. The Balaban J connectivity index is 1.59. The summed E-state index contributed by atoms with van der Waals surface area (Å²) in [6.45, 7) is 1.09. The van der Waals surface area contributed by atoms with Crippen LogP contribution in [0.1, 0.15) is 18.4 Å². The van der Waals surface area contributed by atoms with Crippen molar-refractivity contribution in [2.45, 2.75) is 22.8 Å². The van der Waals surface area contributed by atoms with Gasteiger partial charge in [-0.2, -0.15) is 9.57 Å². The Labute approximate surface area is 162 Å². The van der Waals surface area contributed by atoms with Crippen LogP contribution in [0.15, 0.2) is 52.5 Å². The Hall–Kier alpha value is -2.41. The number of para-hydroxylation sites is 1. The van der Waals surface area contributed by atoms with Gasteiger partial charge in [0.15, 0.2) is 0 Å². The number of aromatic nitrogens is 1. The molecule has 0 spiro atoms. The van der Waals surface area contributed by atoms with E-state index < -0.39 is 10.0 Å². The van der Waals surface area contributed by atoms with E-state index in [2.05, 4.69) is 10.3 Å². The number of hydrogen-bond acceptors (Lipinski definition) is 6. The maximum atomic E-state index is 12.5. The summed E-state index contributed by atoms with van der Waals surface area (Å²) >= 11 is 1.20. The number of nitrogens with zero attached hydrogens (tertiary/aromatic N) is 3. The second kappa shape index (κ2) is 8.52. The van der Waals surface area contributed by atoms with Crippen molar-refractivity contribution < 1.29 is 13.2 Å². The molecule has 3 rings (SSSR count). The maximum Gasteiger partial charge on any atom is 0.244 e. The molecule has 1 aliphatic heterocycles. The van der Waals surface area contributed by atoms with E-state index in [4.69, 9.17) is 5.26 Å². The average Bonchev–Trinajstić information content (AvgIpc) is 3.23. The molecule has 1 saturated heterocycles. The van der Waals surface area contributed by atoms with Gasteiger partial charge in [0.1, 0.15) is 11.0 Å². The number of nitriles is 1. The van der Waals surface area contributed by atoms with E-state index in [0.29, 0.717) is 29.4 Å². The lowest BCUT2D eigenvalue weighted by molar-refractivity contribution is -0.113. The molecule has 2 heterocycles. The van der Waals surface area contributed by atoms with E-state index in [1.165, 1.54) is 28.3 Å². The van der Waals surface area contributed by atoms with Gasteiger partial charge in [-0.1, -0.05) is 23.9 Å². The molecule has 1 fully saturated rings. The molecule has 0 aliphatic carbocycles. The van der Waals surface area contributed by atoms with Crippen LogP contribution < -0.4 is 5.32 Å². The highest BCUT2D eigenvalue weighted by molar-refractivity contribution is 7.99. The number of thioether (sulfide) groups is 1. The number of anilines is 1. The zero-order chi connectivity index (χ0) is 19.3. The van der Waals surface area contributed by atoms with Gasteiger partial charge in [-0.05, 0) is 37.1 Å². The van der Waals surface area contributed by atoms with Gasteiger partial charge in [0.05, 0.1) is 22.0 Å². The smallest absolute Gasteiger partial charge is 0.244 e. The van der Waals surface area contributed by atoms with Crippen LogP contribution in [0.4, 0.5) is 5.69 Å². The lowest BCUT2D eigenvalue weighted by Crippen LogP contribution is -2.27. The van der Waals surface area contributed by atoms with E-state index >= 15 is 0 Å². The minimum absolute atomic E-state index is 0.102. The number of amides is 1. The van der Waals surface area contributed by atoms with Crippen LogP contribution in [0.3, 0.4) is 0 Å². The van der Waals surface area contributed by atoms with Crippen molar-refractivity contribution >= 4 is 33.4 Å². The SMILES string of the molecule is N#Cc1ccccc1NC(=O)CSc1ccc(S(=O)(=O)N2CCCC2)cn1. The molecule has 0 saturated carbocycles. The molecule has 0 radical (unpaired) electrons. The molecule has 27 heavy (non-hydrogen) atoms. The normalized spacial score (nSPS) is 14.6. The number of carbonyl (C=O) groups excluding carboxylic acids is 1. The summed E-state index contributed by atoms with van der Waals surface area (Å²) in [6.07, 6.45) is 3.09. The van der Waals surface area contributed by atoms with Crippen LogP contribution in [-0.4, -0.2) is 42.5 Å². The van der Waals surface area contributed by atoms with E-state index in [1.54, 1.807) is 30.3 Å². The van der Waals surface area contributed by atoms with Crippen molar-refractivity contribution in [1.29, 1.82) is 5.26 Å². The monoisotopic (exact) mass is 402 g/mol. The van der Waals surface area contributed by atoms with Crippen molar-refractivity contribution in [3.63, 3.8) is 0 Å². The van der Waals surface area contributed by atoms with Gasteiger partial charge in [0.25, 0.3) is 0 Å². The van der Waals surface area contributed by atoms with Gasteiger partial charge >= 0.3 is 0 Å². The highest BCUT2D eigenvalue weighted by Crippen LogP contribution is 2.23. The highest BCUT2D eigenvalue weighted by atomic mass is 32.2. The molecule has 0 atom stereocenters. The van der Waals surface area contributed by atoms with Gasteiger partial charge < -0.3 is 5.32 Å². The first-order valence-corrected chi connectivity index (χ1v) is 10.8. The predicted molar refractivity (Wildman–Crippen MR) is 103 cm³/mol. The van der Waals surface area contributed by atoms with Gasteiger partial charge in [-0.25, -0.2) is 13.4 Å². The molecule has 2 aromatic rings. The number of hydrogen-bond donors (Lipinski definition) is 1. The van der Waals surface area contributed by atoms with Crippen molar-refractivity contribution in [3.8, 4) is 6.07 Å².